The number of likely N-dealkylation sites (N-methyl/N-ethyl adjacent to an activating group) is 1. The molecule has 0 aliphatic heterocycles. The number of rotatable bonds is 7. The minimum absolute atomic E-state index is 0.350. The molecule has 0 aliphatic rings. The average Bonchev–Trinajstić information content (AvgIpc) is 2.37. The normalized spacial score (nSPS) is 12.3. The van der Waals surface area contributed by atoms with Crippen LogP contribution in [0.1, 0.15) is 17.3 Å². The number of nitrogens with two attached hydrogens (primary N) is 1. The van der Waals surface area contributed by atoms with Crippen molar-refractivity contribution in [3.8, 4) is 5.75 Å². The van der Waals surface area contributed by atoms with Crippen LogP contribution in [0.3, 0.4) is 0 Å². The van der Waals surface area contributed by atoms with Crippen molar-refractivity contribution in [1.29, 1.82) is 0 Å². The fourth-order valence-electron chi connectivity index (χ4n) is 1.67. The molecule has 1 unspecified atom stereocenters. The van der Waals surface area contributed by atoms with Gasteiger partial charge in [0.05, 0.1) is 6.10 Å². The summed E-state index contributed by atoms with van der Waals surface area (Å²) in [4.78, 5) is 13.3. The summed E-state index contributed by atoms with van der Waals surface area (Å²) in [6, 6.07) is 6.81. The molecule has 6 heteroatoms. The Labute approximate surface area is 113 Å². The number of aliphatic hydroxyl groups excluding tert-OH is 1. The van der Waals surface area contributed by atoms with Crippen molar-refractivity contribution in [1.82, 2.24) is 10.3 Å². The molecular formula is C13H21N3O3. The predicted octanol–water partition coefficient (Wildman–Crippen LogP) is -0.0185. The lowest BCUT2D eigenvalue weighted by atomic mass is 10.2. The van der Waals surface area contributed by atoms with Gasteiger partial charge in [-0.25, -0.2) is 5.84 Å². The minimum Gasteiger partial charge on any atom is -0.492 e. The number of hydrazine groups is 1. The van der Waals surface area contributed by atoms with Gasteiger partial charge in [-0.3, -0.25) is 10.2 Å². The van der Waals surface area contributed by atoms with Gasteiger partial charge in [-0.15, -0.1) is 0 Å². The van der Waals surface area contributed by atoms with E-state index in [1.807, 2.05) is 11.9 Å². The number of aliphatic hydroxyl groups is 1. The summed E-state index contributed by atoms with van der Waals surface area (Å²) in [5, 5.41) is 9.23. The van der Waals surface area contributed by atoms with Gasteiger partial charge in [-0.2, -0.15) is 0 Å². The summed E-state index contributed by atoms with van der Waals surface area (Å²) in [6.07, 6.45) is -0.360. The Morgan fingerprint density at radius 1 is 1.58 bits per heavy atom. The van der Waals surface area contributed by atoms with Crippen molar-refractivity contribution in [3.63, 3.8) is 0 Å². The lowest BCUT2D eigenvalue weighted by molar-refractivity contribution is 0.0952. The van der Waals surface area contributed by atoms with Crippen LogP contribution in [0.25, 0.3) is 0 Å². The van der Waals surface area contributed by atoms with Crippen LogP contribution < -0.4 is 16.0 Å². The number of benzene rings is 1. The van der Waals surface area contributed by atoms with Crippen LogP contribution >= 0.6 is 0 Å². The molecule has 1 rings (SSSR count). The Hall–Kier alpha value is -1.63. The Morgan fingerprint density at radius 3 is 2.95 bits per heavy atom. The number of nitrogens with zero attached hydrogens (tertiary/aromatic N) is 1. The lowest BCUT2D eigenvalue weighted by Crippen LogP contribution is -2.31. The summed E-state index contributed by atoms with van der Waals surface area (Å²) in [5.74, 6) is 5.34. The van der Waals surface area contributed by atoms with Gasteiger partial charge in [-0.05, 0) is 32.2 Å². The van der Waals surface area contributed by atoms with Crippen LogP contribution in [-0.4, -0.2) is 48.8 Å². The second-order valence-electron chi connectivity index (χ2n) is 4.46. The zero-order valence-electron chi connectivity index (χ0n) is 11.3. The van der Waals surface area contributed by atoms with Gasteiger partial charge in [0.2, 0.25) is 0 Å². The maximum Gasteiger partial charge on any atom is 0.265 e. The van der Waals surface area contributed by atoms with E-state index in [0.717, 1.165) is 0 Å². The van der Waals surface area contributed by atoms with Crippen molar-refractivity contribution in [2.24, 2.45) is 5.84 Å². The molecule has 4 N–H and O–H groups in total. The molecule has 6 nitrogen and oxygen atoms in total. The molecule has 1 aromatic rings. The molecule has 0 heterocycles. The topological polar surface area (TPSA) is 87.8 Å². The quantitative estimate of drug-likeness (QED) is 0.367. The zero-order chi connectivity index (χ0) is 14.3. The molecule has 1 amide bonds. The number of hydrogen-bond donors (Lipinski definition) is 3. The van der Waals surface area contributed by atoms with Crippen LogP contribution in [-0.2, 0) is 0 Å². The van der Waals surface area contributed by atoms with E-state index in [4.69, 9.17) is 10.6 Å². The molecule has 0 fully saturated rings. The second-order valence-corrected chi connectivity index (χ2v) is 4.46. The summed E-state index contributed by atoms with van der Waals surface area (Å²) >= 11 is 0. The highest BCUT2D eigenvalue weighted by atomic mass is 16.5. The van der Waals surface area contributed by atoms with Gasteiger partial charge in [0.1, 0.15) is 12.4 Å². The Bertz CT molecular complexity index is 410. The molecule has 0 radical (unpaired) electrons. The SMILES string of the molecule is CC(O)CN(C)CCOc1cccc(C(=O)NN)c1. The van der Waals surface area contributed by atoms with Gasteiger partial charge in [0, 0.05) is 18.7 Å². The minimum atomic E-state index is -0.360. The van der Waals surface area contributed by atoms with Crippen molar-refractivity contribution in [2.75, 3.05) is 26.7 Å². The summed E-state index contributed by atoms with van der Waals surface area (Å²) in [5.41, 5.74) is 2.53. The van der Waals surface area contributed by atoms with Crippen molar-refractivity contribution in [3.05, 3.63) is 29.8 Å². The van der Waals surface area contributed by atoms with Crippen molar-refractivity contribution < 1.29 is 14.6 Å². The third kappa shape index (κ3) is 5.69. The second kappa shape index (κ2) is 7.73. The molecule has 1 atom stereocenters. The Kier molecular flexibility index (Phi) is 6.27. The van der Waals surface area contributed by atoms with E-state index >= 15 is 0 Å². The van der Waals surface area contributed by atoms with E-state index in [9.17, 15) is 9.90 Å². The Balaban J connectivity index is 2.43. The molecule has 106 valence electrons. The van der Waals surface area contributed by atoms with E-state index in [1.165, 1.54) is 0 Å². The monoisotopic (exact) mass is 267 g/mol. The number of ether oxygens (including phenoxy) is 1. The molecule has 1 aromatic carbocycles. The number of carbonyl (C=O) groups excluding carboxylic acids is 1. The maximum absolute atomic E-state index is 11.3. The largest absolute Gasteiger partial charge is 0.492 e. The third-order valence-electron chi connectivity index (χ3n) is 2.54. The fourth-order valence-corrected chi connectivity index (χ4v) is 1.67. The molecule has 0 bridgehead atoms. The summed E-state index contributed by atoms with van der Waals surface area (Å²) in [6.45, 7) is 3.51. The van der Waals surface area contributed by atoms with Gasteiger partial charge < -0.3 is 14.7 Å². The first kappa shape index (κ1) is 15.4. The number of amides is 1. The first-order chi connectivity index (χ1) is 9.02. The highest BCUT2D eigenvalue weighted by molar-refractivity contribution is 5.94. The summed E-state index contributed by atoms with van der Waals surface area (Å²) < 4.78 is 5.55. The molecule has 0 spiro atoms. The Morgan fingerprint density at radius 2 is 2.32 bits per heavy atom. The first-order valence-electron chi connectivity index (χ1n) is 6.13. The van der Waals surface area contributed by atoms with Crippen LogP contribution in [0.4, 0.5) is 0 Å². The van der Waals surface area contributed by atoms with Crippen LogP contribution in [0.15, 0.2) is 24.3 Å². The molecule has 0 aromatic heterocycles. The molecule has 0 aliphatic carbocycles. The fraction of sp³-hybridized carbons (Fsp3) is 0.462. The van der Waals surface area contributed by atoms with Gasteiger partial charge in [-0.1, -0.05) is 6.07 Å². The smallest absolute Gasteiger partial charge is 0.265 e. The molecular weight excluding hydrogens is 246 g/mol. The van der Waals surface area contributed by atoms with E-state index in [-0.39, 0.29) is 12.0 Å². The average molecular weight is 267 g/mol. The number of nitrogens with one attached hydrogen (secondary N) is 1. The molecule has 19 heavy (non-hydrogen) atoms. The zero-order valence-corrected chi connectivity index (χ0v) is 11.3. The standard InChI is InChI=1S/C13H21N3O3/c1-10(17)9-16(2)6-7-19-12-5-3-4-11(8-12)13(18)15-14/h3-5,8,10,17H,6-7,9,14H2,1-2H3,(H,15,18). The highest BCUT2D eigenvalue weighted by Gasteiger charge is 2.06. The molecule has 0 saturated carbocycles. The van der Waals surface area contributed by atoms with E-state index in [0.29, 0.717) is 31.0 Å². The van der Waals surface area contributed by atoms with Crippen molar-refractivity contribution >= 4 is 5.91 Å². The number of nitrogen functional groups attached to an aromatic ring is 1. The molecule has 0 saturated heterocycles. The third-order valence-corrected chi connectivity index (χ3v) is 2.54. The summed E-state index contributed by atoms with van der Waals surface area (Å²) in [7, 11) is 1.91. The van der Waals surface area contributed by atoms with Crippen LogP contribution in [0.5, 0.6) is 5.75 Å². The van der Waals surface area contributed by atoms with Crippen molar-refractivity contribution in [2.45, 2.75) is 13.0 Å². The van der Waals surface area contributed by atoms with Gasteiger partial charge >= 0.3 is 0 Å². The highest BCUT2D eigenvalue weighted by Crippen LogP contribution is 2.13. The number of carbonyl (C=O) groups is 1. The van der Waals surface area contributed by atoms with E-state index in [1.54, 1.807) is 31.2 Å². The predicted molar refractivity (Wildman–Crippen MR) is 72.8 cm³/mol. The maximum atomic E-state index is 11.3. The van der Waals surface area contributed by atoms with Crippen LogP contribution in [0, 0.1) is 0 Å². The van der Waals surface area contributed by atoms with Crippen LogP contribution in [0.2, 0.25) is 0 Å². The lowest BCUT2D eigenvalue weighted by Gasteiger charge is -2.18. The van der Waals surface area contributed by atoms with E-state index < -0.39 is 0 Å². The first-order valence-corrected chi connectivity index (χ1v) is 6.13. The van der Waals surface area contributed by atoms with E-state index in [2.05, 4.69) is 5.43 Å². The van der Waals surface area contributed by atoms with Gasteiger partial charge in [0.25, 0.3) is 5.91 Å². The van der Waals surface area contributed by atoms with Gasteiger partial charge in [0.15, 0.2) is 0 Å². The number of hydrogen-bond acceptors (Lipinski definition) is 5.